The summed E-state index contributed by atoms with van der Waals surface area (Å²) in [4.78, 5) is 0. The lowest BCUT2D eigenvalue weighted by Gasteiger charge is -1.98. The summed E-state index contributed by atoms with van der Waals surface area (Å²) in [5, 5.41) is 0. The van der Waals surface area contributed by atoms with Crippen molar-refractivity contribution in [2.75, 3.05) is 11.9 Å². The third kappa shape index (κ3) is 2.99. The van der Waals surface area contributed by atoms with E-state index in [0.717, 1.165) is 11.7 Å². The van der Waals surface area contributed by atoms with Gasteiger partial charge in [-0.1, -0.05) is 6.92 Å². The van der Waals surface area contributed by atoms with E-state index in [0.29, 0.717) is 0 Å². The van der Waals surface area contributed by atoms with Crippen LogP contribution in [-0.2, 0) is 0 Å². The summed E-state index contributed by atoms with van der Waals surface area (Å²) in [6, 6.07) is 0. The Balaban J connectivity index is 2.75. The van der Waals surface area contributed by atoms with Crippen LogP contribution in [0.2, 0.25) is 0 Å². The summed E-state index contributed by atoms with van der Waals surface area (Å²) in [6.07, 6.45) is 1.17. The van der Waals surface area contributed by atoms with Crippen molar-refractivity contribution in [3.8, 4) is 0 Å². The molecule has 0 radical (unpaired) electrons. The Labute approximate surface area is 47.3 Å². The maximum absolute atomic E-state index is 4.08. The molecular formula is C4H11PS. The van der Waals surface area contributed by atoms with Crippen LogP contribution in [0.15, 0.2) is 0 Å². The molecule has 0 aliphatic heterocycles. The molecule has 0 aromatic rings. The Hall–Kier alpha value is 0.780. The Bertz CT molecular complexity index is 26.7. The van der Waals surface area contributed by atoms with Crippen molar-refractivity contribution < 1.29 is 0 Å². The van der Waals surface area contributed by atoms with E-state index in [9.17, 15) is 0 Å². The normalized spacial score (nSPS) is 14.5. The van der Waals surface area contributed by atoms with Gasteiger partial charge in [0.25, 0.3) is 0 Å². The third-order valence-electron chi connectivity index (χ3n) is 0.714. The molecule has 0 aromatic heterocycles. The molecule has 0 spiro atoms. The van der Waals surface area contributed by atoms with Gasteiger partial charge >= 0.3 is 0 Å². The van der Waals surface area contributed by atoms with Crippen LogP contribution in [0.1, 0.15) is 6.92 Å². The van der Waals surface area contributed by atoms with Gasteiger partial charge in [-0.15, -0.1) is 9.24 Å². The van der Waals surface area contributed by atoms with Crippen LogP contribution in [0.4, 0.5) is 0 Å². The highest BCUT2D eigenvalue weighted by Gasteiger charge is 1.89. The largest absolute Gasteiger partial charge is 0.179 e. The fraction of sp³-hybridized carbons (Fsp3) is 1.00. The maximum atomic E-state index is 4.08. The van der Waals surface area contributed by atoms with Crippen molar-refractivity contribution in [1.82, 2.24) is 0 Å². The van der Waals surface area contributed by atoms with E-state index >= 15 is 0 Å². The van der Waals surface area contributed by atoms with Crippen LogP contribution in [0.25, 0.3) is 0 Å². The zero-order valence-electron chi connectivity index (χ0n) is 4.02. The molecule has 0 N–H and O–H groups in total. The summed E-state index contributed by atoms with van der Waals surface area (Å²) in [6.45, 7) is 2.18. The van der Waals surface area contributed by atoms with Crippen LogP contribution in [0.5, 0.6) is 0 Å². The van der Waals surface area contributed by atoms with E-state index in [1.807, 2.05) is 0 Å². The van der Waals surface area contributed by atoms with Gasteiger partial charge in [0.15, 0.2) is 0 Å². The second-order valence-corrected chi connectivity index (χ2v) is 2.36. The first-order chi connectivity index (χ1) is 2.81. The molecule has 0 fully saturated rings. The Morgan fingerprint density at radius 3 is 2.33 bits per heavy atom. The van der Waals surface area contributed by atoms with Crippen molar-refractivity contribution in [2.24, 2.45) is 5.92 Å². The van der Waals surface area contributed by atoms with E-state index in [1.165, 1.54) is 6.16 Å². The van der Waals surface area contributed by atoms with Crippen LogP contribution in [-0.4, -0.2) is 11.9 Å². The summed E-state index contributed by atoms with van der Waals surface area (Å²) in [5.74, 6) is 1.77. The molecule has 0 aliphatic rings. The minimum Gasteiger partial charge on any atom is -0.179 e. The molecular weight excluding hydrogens is 111 g/mol. The predicted molar refractivity (Wildman–Crippen MR) is 37.6 cm³/mol. The van der Waals surface area contributed by atoms with Crippen molar-refractivity contribution in [3.05, 3.63) is 0 Å². The lowest BCUT2D eigenvalue weighted by atomic mass is 10.3. The second-order valence-electron chi connectivity index (χ2n) is 1.52. The van der Waals surface area contributed by atoms with Gasteiger partial charge in [-0.3, -0.25) is 0 Å². The predicted octanol–water partition coefficient (Wildman–Crippen LogP) is 1.43. The third-order valence-corrected chi connectivity index (χ3v) is 2.14. The Morgan fingerprint density at radius 2 is 2.33 bits per heavy atom. The highest BCUT2D eigenvalue weighted by Crippen LogP contribution is 2.00. The van der Waals surface area contributed by atoms with Gasteiger partial charge in [0.05, 0.1) is 0 Å². The van der Waals surface area contributed by atoms with Gasteiger partial charge in [0.2, 0.25) is 0 Å². The fourth-order valence-corrected chi connectivity index (χ4v) is 0.671. The molecule has 1 unspecified atom stereocenters. The zero-order valence-corrected chi connectivity index (χ0v) is 6.07. The monoisotopic (exact) mass is 122 g/mol. The van der Waals surface area contributed by atoms with E-state index < -0.39 is 0 Å². The first-order valence-electron chi connectivity index (χ1n) is 2.12. The molecule has 0 saturated carbocycles. The number of thiol groups is 1. The molecule has 0 saturated heterocycles. The van der Waals surface area contributed by atoms with Crippen molar-refractivity contribution >= 4 is 21.9 Å². The minimum atomic E-state index is 0.762. The molecule has 0 heterocycles. The van der Waals surface area contributed by atoms with Gasteiger partial charge < -0.3 is 0 Å². The molecule has 0 nitrogen and oxygen atoms in total. The van der Waals surface area contributed by atoms with Gasteiger partial charge in [-0.05, 0) is 17.8 Å². The lowest BCUT2D eigenvalue weighted by Crippen LogP contribution is -1.94. The molecule has 0 rings (SSSR count). The fourth-order valence-electron chi connectivity index (χ4n) is 0.0745. The van der Waals surface area contributed by atoms with Gasteiger partial charge in [0.1, 0.15) is 0 Å². The molecule has 0 aromatic carbocycles. The van der Waals surface area contributed by atoms with Crippen molar-refractivity contribution in [1.29, 1.82) is 0 Å². The molecule has 0 amide bonds. The highest BCUT2D eigenvalue weighted by molar-refractivity contribution is 7.80. The van der Waals surface area contributed by atoms with Gasteiger partial charge in [0, 0.05) is 0 Å². The highest BCUT2D eigenvalue weighted by atomic mass is 32.1. The summed E-state index contributed by atoms with van der Waals surface area (Å²) in [5.41, 5.74) is 0. The summed E-state index contributed by atoms with van der Waals surface area (Å²) >= 11 is 4.08. The van der Waals surface area contributed by atoms with Crippen LogP contribution >= 0.6 is 21.9 Å². The van der Waals surface area contributed by atoms with E-state index in [2.05, 4.69) is 28.8 Å². The van der Waals surface area contributed by atoms with E-state index in [1.54, 1.807) is 0 Å². The standard InChI is InChI=1S/C4H11PS/c1-4(2-5)3-6/h4,6H,2-3,5H2,1H3/t4-/m1/s1. The first kappa shape index (κ1) is 6.78. The average Bonchev–Trinajstić information content (AvgIpc) is 1.65. The molecule has 2 atom stereocenters. The number of hydrogen-bond acceptors (Lipinski definition) is 1. The quantitative estimate of drug-likeness (QED) is 0.415. The van der Waals surface area contributed by atoms with E-state index in [-0.39, 0.29) is 0 Å². The topological polar surface area (TPSA) is 0 Å². The second kappa shape index (κ2) is 3.95. The summed E-state index contributed by atoms with van der Waals surface area (Å²) in [7, 11) is 2.69. The molecule has 38 valence electrons. The molecule has 0 aliphatic carbocycles. The van der Waals surface area contributed by atoms with Gasteiger partial charge in [-0.25, -0.2) is 0 Å². The lowest BCUT2D eigenvalue weighted by molar-refractivity contribution is 0.767. The first-order valence-corrected chi connectivity index (χ1v) is 3.57. The molecule has 0 bridgehead atoms. The molecule has 6 heavy (non-hydrogen) atoms. The smallest absolute Gasteiger partial charge is 0.00689 e. The Kier molecular flexibility index (Phi) is 4.47. The average molecular weight is 122 g/mol. The SMILES string of the molecule is C[C@H](CP)CS. The van der Waals surface area contributed by atoms with E-state index in [4.69, 9.17) is 0 Å². The van der Waals surface area contributed by atoms with Crippen molar-refractivity contribution in [3.63, 3.8) is 0 Å². The van der Waals surface area contributed by atoms with Crippen LogP contribution in [0, 0.1) is 5.92 Å². The zero-order chi connectivity index (χ0) is 4.99. The minimum absolute atomic E-state index is 0.762. The van der Waals surface area contributed by atoms with Gasteiger partial charge in [-0.2, -0.15) is 12.6 Å². The Morgan fingerprint density at radius 1 is 1.83 bits per heavy atom. The van der Waals surface area contributed by atoms with Crippen molar-refractivity contribution in [2.45, 2.75) is 6.92 Å². The summed E-state index contributed by atoms with van der Waals surface area (Å²) < 4.78 is 0. The van der Waals surface area contributed by atoms with Crippen LogP contribution < -0.4 is 0 Å². The maximum Gasteiger partial charge on any atom is -0.00689 e. The number of rotatable bonds is 2. The molecule has 2 heteroatoms. The van der Waals surface area contributed by atoms with Crippen LogP contribution in [0.3, 0.4) is 0 Å². The number of hydrogen-bond donors (Lipinski definition) is 1.